The van der Waals surface area contributed by atoms with Gasteiger partial charge in [0.15, 0.2) is 0 Å². The molecule has 1 aliphatic heterocycles. The van der Waals surface area contributed by atoms with Crippen LogP contribution in [0.15, 0.2) is 18.2 Å². The van der Waals surface area contributed by atoms with E-state index in [2.05, 4.69) is 5.32 Å². The average Bonchev–Trinajstić information content (AvgIpc) is 2.66. The zero-order valence-corrected chi connectivity index (χ0v) is 13.9. The quantitative estimate of drug-likeness (QED) is 0.895. The molecule has 1 aromatic rings. The van der Waals surface area contributed by atoms with Crippen LogP contribution in [0.2, 0.25) is 0 Å². The number of aliphatic hydroxyl groups is 1. The number of nitrogens with zero attached hydrogens (tertiary/aromatic N) is 1. The van der Waals surface area contributed by atoms with E-state index < -0.39 is 6.10 Å². The van der Waals surface area contributed by atoms with Crippen molar-refractivity contribution in [3.05, 3.63) is 29.6 Å². The molecular formula is C17H25FN2O3. The van der Waals surface area contributed by atoms with E-state index in [0.717, 1.165) is 18.4 Å². The number of carbonyl (C=O) groups excluding carboxylic acids is 1. The molecule has 1 heterocycles. The first kappa shape index (κ1) is 17.5. The molecule has 0 aromatic heterocycles. The van der Waals surface area contributed by atoms with Crippen LogP contribution in [0.3, 0.4) is 0 Å². The van der Waals surface area contributed by atoms with E-state index in [1.165, 1.54) is 12.1 Å². The SMILES string of the molecule is CC(O)CN(C(=O)NC1CCCOc2cc(F)ccc21)C(C)C. The molecule has 0 saturated carbocycles. The highest BCUT2D eigenvalue weighted by Gasteiger charge is 2.25. The van der Waals surface area contributed by atoms with Gasteiger partial charge in [-0.3, -0.25) is 0 Å². The van der Waals surface area contributed by atoms with Crippen LogP contribution in [-0.4, -0.2) is 41.3 Å². The van der Waals surface area contributed by atoms with Crippen molar-refractivity contribution in [1.82, 2.24) is 10.2 Å². The lowest BCUT2D eigenvalue weighted by atomic mass is 10.0. The number of rotatable bonds is 4. The first-order chi connectivity index (χ1) is 10.9. The summed E-state index contributed by atoms with van der Waals surface area (Å²) in [5.74, 6) is 0.132. The van der Waals surface area contributed by atoms with Gasteiger partial charge in [0.1, 0.15) is 11.6 Å². The van der Waals surface area contributed by atoms with Crippen LogP contribution < -0.4 is 10.1 Å². The van der Waals surface area contributed by atoms with Crippen LogP contribution in [0.4, 0.5) is 9.18 Å². The fourth-order valence-corrected chi connectivity index (χ4v) is 2.74. The Morgan fingerprint density at radius 3 is 2.87 bits per heavy atom. The normalized spacial score (nSPS) is 18.6. The van der Waals surface area contributed by atoms with Crippen molar-refractivity contribution in [2.24, 2.45) is 0 Å². The first-order valence-electron chi connectivity index (χ1n) is 8.06. The smallest absolute Gasteiger partial charge is 0.318 e. The summed E-state index contributed by atoms with van der Waals surface area (Å²) in [4.78, 5) is 14.2. The minimum absolute atomic E-state index is 0.0284. The molecule has 1 aliphatic rings. The van der Waals surface area contributed by atoms with Crippen molar-refractivity contribution < 1.29 is 19.0 Å². The van der Waals surface area contributed by atoms with E-state index in [0.29, 0.717) is 12.4 Å². The molecule has 1 aromatic carbocycles. The molecule has 0 fully saturated rings. The lowest BCUT2D eigenvalue weighted by Crippen LogP contribution is -2.47. The topological polar surface area (TPSA) is 61.8 Å². The van der Waals surface area contributed by atoms with Crippen molar-refractivity contribution in [1.29, 1.82) is 0 Å². The standard InChI is InChI=1S/C17H25FN2O3/c1-11(2)20(10-12(3)21)17(22)19-15-5-4-8-23-16-9-13(18)6-7-14(15)16/h6-7,9,11-12,15,21H,4-5,8,10H2,1-3H3,(H,19,22). The molecule has 0 saturated heterocycles. The van der Waals surface area contributed by atoms with E-state index in [1.807, 2.05) is 13.8 Å². The summed E-state index contributed by atoms with van der Waals surface area (Å²) >= 11 is 0. The number of halogens is 1. The monoisotopic (exact) mass is 324 g/mol. The summed E-state index contributed by atoms with van der Waals surface area (Å²) in [6, 6.07) is 3.91. The van der Waals surface area contributed by atoms with Gasteiger partial charge in [-0.15, -0.1) is 0 Å². The molecule has 5 nitrogen and oxygen atoms in total. The third kappa shape index (κ3) is 4.58. The minimum atomic E-state index is -0.595. The molecular weight excluding hydrogens is 299 g/mol. The number of urea groups is 1. The van der Waals surface area contributed by atoms with Gasteiger partial charge in [-0.1, -0.05) is 6.07 Å². The molecule has 0 spiro atoms. The Morgan fingerprint density at radius 1 is 1.48 bits per heavy atom. The third-order valence-corrected chi connectivity index (χ3v) is 3.89. The fraction of sp³-hybridized carbons (Fsp3) is 0.588. The van der Waals surface area contributed by atoms with Crippen molar-refractivity contribution in [2.75, 3.05) is 13.2 Å². The van der Waals surface area contributed by atoms with E-state index in [9.17, 15) is 14.3 Å². The molecule has 2 rings (SSSR count). The van der Waals surface area contributed by atoms with Crippen molar-refractivity contribution in [3.63, 3.8) is 0 Å². The second-order valence-electron chi connectivity index (χ2n) is 6.27. The predicted molar refractivity (Wildman–Crippen MR) is 85.9 cm³/mol. The summed E-state index contributed by atoms with van der Waals surface area (Å²) in [5, 5.41) is 12.6. The van der Waals surface area contributed by atoms with Gasteiger partial charge in [-0.2, -0.15) is 0 Å². The van der Waals surface area contributed by atoms with Crippen LogP contribution in [-0.2, 0) is 0 Å². The van der Waals surface area contributed by atoms with Crippen LogP contribution in [0.1, 0.15) is 45.2 Å². The van der Waals surface area contributed by atoms with Crippen molar-refractivity contribution in [3.8, 4) is 5.75 Å². The van der Waals surface area contributed by atoms with Gasteiger partial charge in [0.2, 0.25) is 0 Å². The lowest BCUT2D eigenvalue weighted by molar-refractivity contribution is 0.117. The Labute approximate surface area is 136 Å². The van der Waals surface area contributed by atoms with Crippen molar-refractivity contribution >= 4 is 6.03 Å². The second kappa shape index (κ2) is 7.64. The summed E-state index contributed by atoms with van der Waals surface area (Å²) < 4.78 is 19.0. The maximum absolute atomic E-state index is 13.4. The van der Waals surface area contributed by atoms with Gasteiger partial charge in [0.25, 0.3) is 0 Å². The molecule has 0 bridgehead atoms. The molecule has 23 heavy (non-hydrogen) atoms. The minimum Gasteiger partial charge on any atom is -0.493 e. The van der Waals surface area contributed by atoms with Crippen LogP contribution in [0.5, 0.6) is 5.75 Å². The van der Waals surface area contributed by atoms with Crippen LogP contribution >= 0.6 is 0 Å². The maximum Gasteiger partial charge on any atom is 0.318 e. The highest BCUT2D eigenvalue weighted by atomic mass is 19.1. The summed E-state index contributed by atoms with van der Waals surface area (Å²) in [7, 11) is 0. The van der Waals surface area contributed by atoms with Crippen molar-refractivity contribution in [2.45, 2.75) is 51.8 Å². The van der Waals surface area contributed by atoms with E-state index in [-0.39, 0.29) is 30.5 Å². The molecule has 2 amide bonds. The van der Waals surface area contributed by atoms with Gasteiger partial charge in [-0.25, -0.2) is 9.18 Å². The largest absolute Gasteiger partial charge is 0.493 e. The average molecular weight is 324 g/mol. The van der Waals surface area contributed by atoms with Gasteiger partial charge in [-0.05, 0) is 39.7 Å². The first-order valence-corrected chi connectivity index (χ1v) is 8.06. The molecule has 2 N–H and O–H groups in total. The van der Waals surface area contributed by atoms with Gasteiger partial charge in [0.05, 0.1) is 18.8 Å². The van der Waals surface area contributed by atoms with E-state index >= 15 is 0 Å². The van der Waals surface area contributed by atoms with Gasteiger partial charge in [0, 0.05) is 24.2 Å². The predicted octanol–water partition coefficient (Wildman–Crippen LogP) is 2.84. The summed E-state index contributed by atoms with van der Waals surface area (Å²) in [6.07, 6.45) is 0.909. The van der Waals surface area contributed by atoms with Gasteiger partial charge < -0.3 is 20.1 Å². The molecule has 128 valence electrons. The maximum atomic E-state index is 13.4. The molecule has 2 unspecified atom stereocenters. The molecule has 0 radical (unpaired) electrons. The Hall–Kier alpha value is -1.82. The second-order valence-corrected chi connectivity index (χ2v) is 6.27. The Balaban J connectivity index is 2.17. The summed E-state index contributed by atoms with van der Waals surface area (Å²) in [5.41, 5.74) is 0.790. The Bertz CT molecular complexity index is 549. The lowest BCUT2D eigenvalue weighted by Gasteiger charge is -2.30. The Kier molecular flexibility index (Phi) is 5.82. The fourth-order valence-electron chi connectivity index (χ4n) is 2.74. The highest BCUT2D eigenvalue weighted by molar-refractivity contribution is 5.75. The number of aliphatic hydroxyl groups excluding tert-OH is 1. The zero-order valence-electron chi connectivity index (χ0n) is 13.9. The number of hydrogen-bond donors (Lipinski definition) is 2. The highest BCUT2D eigenvalue weighted by Crippen LogP contribution is 2.32. The van der Waals surface area contributed by atoms with E-state index in [1.54, 1.807) is 17.9 Å². The summed E-state index contributed by atoms with van der Waals surface area (Å²) in [6.45, 7) is 6.23. The zero-order chi connectivity index (χ0) is 17.0. The number of carbonyl (C=O) groups is 1. The molecule has 2 atom stereocenters. The number of nitrogens with one attached hydrogen (secondary N) is 1. The number of amides is 2. The number of hydrogen-bond acceptors (Lipinski definition) is 3. The number of benzene rings is 1. The molecule has 6 heteroatoms. The number of ether oxygens (including phenoxy) is 1. The Morgan fingerprint density at radius 2 is 2.22 bits per heavy atom. The molecule has 0 aliphatic carbocycles. The van der Waals surface area contributed by atoms with Crippen LogP contribution in [0.25, 0.3) is 0 Å². The number of fused-ring (bicyclic) bond motifs is 1. The van der Waals surface area contributed by atoms with Gasteiger partial charge >= 0.3 is 6.03 Å². The third-order valence-electron chi connectivity index (χ3n) is 3.89. The van der Waals surface area contributed by atoms with Crippen LogP contribution in [0, 0.1) is 5.82 Å². The van der Waals surface area contributed by atoms with E-state index in [4.69, 9.17) is 4.74 Å².